The van der Waals surface area contributed by atoms with E-state index >= 15 is 0 Å². The van der Waals surface area contributed by atoms with Crippen molar-refractivity contribution in [1.82, 2.24) is 4.57 Å². The van der Waals surface area contributed by atoms with E-state index in [1.165, 1.54) is 60.8 Å². The van der Waals surface area contributed by atoms with Crippen molar-refractivity contribution in [3.05, 3.63) is 210 Å². The molecule has 0 spiro atoms. The molecule has 0 atom stereocenters. The van der Waals surface area contributed by atoms with Crippen molar-refractivity contribution in [2.75, 3.05) is 18.1 Å². The Morgan fingerprint density at radius 2 is 1.35 bits per heavy atom. The molecule has 9 rings (SSSR count). The molecule has 0 aliphatic heterocycles. The van der Waals surface area contributed by atoms with E-state index in [0.29, 0.717) is 0 Å². The molecule has 8 aromatic rings. The Kier molecular flexibility index (Phi) is 8.74. The zero-order chi connectivity index (χ0) is 36.4. The van der Waals surface area contributed by atoms with Crippen LogP contribution in [0.4, 0.5) is 11.4 Å². The van der Waals surface area contributed by atoms with Crippen LogP contribution < -0.4 is 11.1 Å². The molecular weight excluding hydrogens is 655 g/mol. The standard InChI is InChI=1S/C51H41N3/c1-53-49-21-11-8-18-44(49)46-33-39(40-30-32-51-47(34-40)45-19-9-12-22-50(45)54(51)41-15-3-2-4-16-41)28-27-38(46)29-31-42(43-17-7-10-20-48(43)52)37-25-23-36(24-26-37)35-13-5-6-14-35/h2-13,15-28,30-34,53H,14,29,52H2,1H3/b42-31-. The molecular formula is C51H41N3. The van der Waals surface area contributed by atoms with Crippen molar-refractivity contribution >= 4 is 44.3 Å². The Hall–Kier alpha value is -6.84. The van der Waals surface area contributed by atoms with Gasteiger partial charge in [-0.2, -0.15) is 0 Å². The molecule has 1 aromatic heterocycles. The van der Waals surface area contributed by atoms with E-state index in [1.54, 1.807) is 0 Å². The van der Waals surface area contributed by atoms with Gasteiger partial charge in [-0.15, -0.1) is 0 Å². The van der Waals surface area contributed by atoms with E-state index in [4.69, 9.17) is 5.73 Å². The first kappa shape index (κ1) is 33.0. The summed E-state index contributed by atoms with van der Waals surface area (Å²) < 4.78 is 2.37. The van der Waals surface area contributed by atoms with Crippen LogP contribution in [0.25, 0.3) is 60.9 Å². The molecule has 1 aliphatic carbocycles. The van der Waals surface area contributed by atoms with Crippen LogP contribution in [-0.2, 0) is 6.42 Å². The Morgan fingerprint density at radius 1 is 0.648 bits per heavy atom. The fourth-order valence-electron chi connectivity index (χ4n) is 7.99. The lowest BCUT2D eigenvalue weighted by molar-refractivity contribution is 1.18. The molecule has 3 N–H and O–H groups in total. The molecule has 1 aliphatic rings. The van der Waals surface area contributed by atoms with Gasteiger partial charge in [-0.05, 0) is 106 Å². The topological polar surface area (TPSA) is 43.0 Å². The second kappa shape index (κ2) is 14.3. The number of hydrogen-bond acceptors (Lipinski definition) is 2. The highest BCUT2D eigenvalue weighted by Gasteiger charge is 2.16. The lowest BCUT2D eigenvalue weighted by Crippen LogP contribution is -1.98. The van der Waals surface area contributed by atoms with E-state index in [0.717, 1.165) is 46.6 Å². The summed E-state index contributed by atoms with van der Waals surface area (Å²) in [4.78, 5) is 0. The molecule has 54 heavy (non-hydrogen) atoms. The van der Waals surface area contributed by atoms with Gasteiger partial charge in [0.2, 0.25) is 0 Å². The maximum atomic E-state index is 6.64. The summed E-state index contributed by atoms with van der Waals surface area (Å²) in [6.07, 6.45) is 10.6. The van der Waals surface area contributed by atoms with Gasteiger partial charge >= 0.3 is 0 Å². The zero-order valence-electron chi connectivity index (χ0n) is 30.3. The van der Waals surface area contributed by atoms with Gasteiger partial charge in [-0.1, -0.05) is 140 Å². The quantitative estimate of drug-likeness (QED) is 0.148. The summed E-state index contributed by atoms with van der Waals surface area (Å²) in [6, 6.07) is 58.9. The maximum absolute atomic E-state index is 6.64. The Bertz CT molecular complexity index is 2740. The van der Waals surface area contributed by atoms with Crippen LogP contribution >= 0.6 is 0 Å². The van der Waals surface area contributed by atoms with Crippen LogP contribution in [0.2, 0.25) is 0 Å². The minimum absolute atomic E-state index is 0.734. The number of nitrogens with one attached hydrogen (secondary N) is 1. The van der Waals surface area contributed by atoms with Crippen molar-refractivity contribution in [3.63, 3.8) is 0 Å². The Balaban J connectivity index is 1.16. The largest absolute Gasteiger partial charge is 0.398 e. The summed E-state index contributed by atoms with van der Waals surface area (Å²) in [6.45, 7) is 0. The van der Waals surface area contributed by atoms with E-state index in [-0.39, 0.29) is 0 Å². The number of anilines is 2. The van der Waals surface area contributed by atoms with Gasteiger partial charge in [0.05, 0.1) is 11.0 Å². The van der Waals surface area contributed by atoms with Gasteiger partial charge in [0.1, 0.15) is 0 Å². The number of nitrogens with zero attached hydrogens (tertiary/aromatic N) is 1. The predicted octanol–water partition coefficient (Wildman–Crippen LogP) is 12.8. The smallest absolute Gasteiger partial charge is 0.0541 e. The third kappa shape index (κ3) is 6.10. The van der Waals surface area contributed by atoms with Crippen molar-refractivity contribution in [3.8, 4) is 27.9 Å². The number of nitrogens with two attached hydrogens (primary N) is 1. The lowest BCUT2D eigenvalue weighted by atomic mass is 9.89. The molecule has 0 amide bonds. The number of rotatable bonds is 9. The first-order valence-electron chi connectivity index (χ1n) is 18.7. The third-order valence-corrected chi connectivity index (χ3v) is 10.7. The van der Waals surface area contributed by atoms with Crippen LogP contribution in [0.3, 0.4) is 0 Å². The molecule has 3 heteroatoms. The fourth-order valence-corrected chi connectivity index (χ4v) is 7.99. The van der Waals surface area contributed by atoms with Gasteiger partial charge in [-0.25, -0.2) is 0 Å². The number of hydrogen-bond donors (Lipinski definition) is 2. The summed E-state index contributed by atoms with van der Waals surface area (Å²) in [5.41, 5.74) is 24.0. The molecule has 260 valence electrons. The highest BCUT2D eigenvalue weighted by atomic mass is 15.0. The minimum atomic E-state index is 0.734. The molecule has 0 saturated carbocycles. The van der Waals surface area contributed by atoms with Crippen LogP contribution in [0.15, 0.2) is 188 Å². The van der Waals surface area contributed by atoms with Gasteiger partial charge in [0.25, 0.3) is 0 Å². The average molecular weight is 696 g/mol. The first-order valence-corrected chi connectivity index (χ1v) is 18.7. The molecule has 0 radical (unpaired) electrons. The van der Waals surface area contributed by atoms with Gasteiger partial charge in [0.15, 0.2) is 0 Å². The second-order valence-corrected chi connectivity index (χ2v) is 13.9. The Labute approximate surface area is 317 Å². The number of benzene rings is 7. The molecule has 0 unspecified atom stereocenters. The summed E-state index contributed by atoms with van der Waals surface area (Å²) >= 11 is 0. The van der Waals surface area contributed by atoms with Crippen LogP contribution in [0, 0.1) is 0 Å². The van der Waals surface area contributed by atoms with Crippen molar-refractivity contribution in [2.24, 2.45) is 0 Å². The highest BCUT2D eigenvalue weighted by Crippen LogP contribution is 2.39. The van der Waals surface area contributed by atoms with Crippen molar-refractivity contribution in [2.45, 2.75) is 12.8 Å². The van der Waals surface area contributed by atoms with E-state index in [1.807, 2.05) is 19.2 Å². The van der Waals surface area contributed by atoms with Crippen LogP contribution in [-0.4, -0.2) is 11.6 Å². The first-order chi connectivity index (χ1) is 26.7. The summed E-state index contributed by atoms with van der Waals surface area (Å²) in [5, 5.41) is 5.94. The van der Waals surface area contributed by atoms with Gasteiger partial charge in [0, 0.05) is 46.0 Å². The van der Waals surface area contributed by atoms with E-state index in [2.05, 4.69) is 186 Å². The predicted molar refractivity (Wildman–Crippen MR) is 231 cm³/mol. The number of aromatic nitrogens is 1. The zero-order valence-corrected chi connectivity index (χ0v) is 30.3. The number of nitrogen functional groups attached to an aromatic ring is 1. The van der Waals surface area contributed by atoms with Crippen LogP contribution in [0.1, 0.15) is 28.7 Å². The molecule has 1 heterocycles. The van der Waals surface area contributed by atoms with Gasteiger partial charge in [-0.3, -0.25) is 0 Å². The number of para-hydroxylation sites is 4. The van der Waals surface area contributed by atoms with Crippen LogP contribution in [0.5, 0.6) is 0 Å². The van der Waals surface area contributed by atoms with Crippen molar-refractivity contribution < 1.29 is 0 Å². The van der Waals surface area contributed by atoms with Crippen molar-refractivity contribution in [1.29, 1.82) is 0 Å². The maximum Gasteiger partial charge on any atom is 0.0541 e. The molecule has 0 fully saturated rings. The van der Waals surface area contributed by atoms with E-state index < -0.39 is 0 Å². The average Bonchev–Trinajstić information content (AvgIpc) is 3.89. The third-order valence-electron chi connectivity index (χ3n) is 10.7. The SMILES string of the molecule is CNc1ccccc1-c1cc(-c2ccc3c(c2)c2ccccc2n3-c2ccccc2)ccc1C/C=C(/c1ccc(C2=CC=CC2)cc1)c1ccccc1N. The monoisotopic (exact) mass is 695 g/mol. The summed E-state index contributed by atoms with van der Waals surface area (Å²) in [5.74, 6) is 0. The molecule has 7 aromatic carbocycles. The molecule has 0 saturated heterocycles. The number of fused-ring (bicyclic) bond motifs is 3. The molecule has 3 nitrogen and oxygen atoms in total. The summed E-state index contributed by atoms with van der Waals surface area (Å²) in [7, 11) is 2.00. The Morgan fingerprint density at radius 3 is 2.17 bits per heavy atom. The normalized spacial score (nSPS) is 12.8. The molecule has 0 bridgehead atoms. The second-order valence-electron chi connectivity index (χ2n) is 13.9. The minimum Gasteiger partial charge on any atom is -0.398 e. The number of allylic oxidation sites excluding steroid dienone is 5. The lowest BCUT2D eigenvalue weighted by Gasteiger charge is -2.17. The fraction of sp³-hybridized carbons (Fsp3) is 0.0588. The van der Waals surface area contributed by atoms with Gasteiger partial charge < -0.3 is 15.6 Å². The van der Waals surface area contributed by atoms with E-state index in [9.17, 15) is 0 Å². The highest BCUT2D eigenvalue weighted by molar-refractivity contribution is 6.10.